The van der Waals surface area contributed by atoms with Gasteiger partial charge in [-0.05, 0) is 43.2 Å². The number of nitrogens with one attached hydrogen (secondary N) is 1. The van der Waals surface area contributed by atoms with Crippen molar-refractivity contribution in [1.29, 1.82) is 0 Å². The highest BCUT2D eigenvalue weighted by molar-refractivity contribution is 6.31. The summed E-state index contributed by atoms with van der Waals surface area (Å²) in [5.41, 5.74) is 1.24. The van der Waals surface area contributed by atoms with Crippen LogP contribution < -0.4 is 5.32 Å². The van der Waals surface area contributed by atoms with E-state index in [1.807, 2.05) is 12.1 Å². The Morgan fingerprint density at radius 3 is 3.00 bits per heavy atom. The fourth-order valence-corrected chi connectivity index (χ4v) is 3.17. The number of hydrogen-bond donors (Lipinski definition) is 1. The van der Waals surface area contributed by atoms with Gasteiger partial charge in [-0.3, -0.25) is 0 Å². The molecule has 0 bridgehead atoms. The lowest BCUT2D eigenvalue weighted by Gasteiger charge is -2.21. The standard InChI is InChI=1S/C17H26ClNO2/c1-20-12-10-19-13-14(8-9-15-5-4-11-21-15)16-6-2-3-7-17(16)18/h2-3,6-7,14-15,19H,4-5,8-13H2,1H3. The predicted octanol–water partition coefficient (Wildman–Crippen LogP) is 3.62. The maximum Gasteiger partial charge on any atom is 0.0587 e. The number of halogens is 1. The van der Waals surface area contributed by atoms with E-state index < -0.39 is 0 Å². The Hall–Kier alpha value is -0.610. The molecule has 1 aromatic carbocycles. The first-order valence-electron chi connectivity index (χ1n) is 7.87. The molecule has 0 spiro atoms. The van der Waals surface area contributed by atoms with Gasteiger partial charge in [-0.15, -0.1) is 0 Å². The predicted molar refractivity (Wildman–Crippen MR) is 87.1 cm³/mol. The van der Waals surface area contributed by atoms with E-state index in [4.69, 9.17) is 21.1 Å². The molecule has 2 rings (SSSR count). The number of benzene rings is 1. The van der Waals surface area contributed by atoms with Gasteiger partial charge in [-0.1, -0.05) is 29.8 Å². The summed E-state index contributed by atoms with van der Waals surface area (Å²) in [6, 6.07) is 8.17. The zero-order valence-corrected chi connectivity index (χ0v) is 13.6. The van der Waals surface area contributed by atoms with E-state index in [1.54, 1.807) is 7.11 Å². The van der Waals surface area contributed by atoms with Crippen molar-refractivity contribution >= 4 is 11.6 Å². The molecule has 1 saturated heterocycles. The van der Waals surface area contributed by atoms with Gasteiger partial charge >= 0.3 is 0 Å². The molecule has 1 aromatic rings. The first kappa shape index (κ1) is 16.8. The lowest BCUT2D eigenvalue weighted by Crippen LogP contribution is -2.26. The van der Waals surface area contributed by atoms with Gasteiger partial charge in [0.2, 0.25) is 0 Å². The van der Waals surface area contributed by atoms with Crippen LogP contribution in [0.5, 0.6) is 0 Å². The van der Waals surface area contributed by atoms with Crippen LogP contribution in [0.4, 0.5) is 0 Å². The topological polar surface area (TPSA) is 30.5 Å². The van der Waals surface area contributed by atoms with Gasteiger partial charge in [0.15, 0.2) is 0 Å². The zero-order valence-electron chi connectivity index (χ0n) is 12.8. The third kappa shape index (κ3) is 5.59. The Morgan fingerprint density at radius 2 is 2.29 bits per heavy atom. The van der Waals surface area contributed by atoms with Gasteiger partial charge in [0.05, 0.1) is 12.7 Å². The maximum atomic E-state index is 6.37. The van der Waals surface area contributed by atoms with Crippen molar-refractivity contribution in [2.24, 2.45) is 0 Å². The van der Waals surface area contributed by atoms with Crippen molar-refractivity contribution in [3.05, 3.63) is 34.9 Å². The lowest BCUT2D eigenvalue weighted by molar-refractivity contribution is 0.100. The SMILES string of the molecule is COCCNCC(CCC1CCCO1)c1ccccc1Cl. The molecule has 0 radical (unpaired) electrons. The Balaban J connectivity index is 1.90. The summed E-state index contributed by atoms with van der Waals surface area (Å²) in [5, 5.41) is 4.33. The molecule has 4 heteroatoms. The van der Waals surface area contributed by atoms with Crippen molar-refractivity contribution in [2.75, 3.05) is 33.4 Å². The maximum absolute atomic E-state index is 6.37. The molecule has 2 unspecified atom stereocenters. The van der Waals surface area contributed by atoms with Gasteiger partial charge in [0, 0.05) is 31.8 Å². The van der Waals surface area contributed by atoms with Crippen LogP contribution in [0.3, 0.4) is 0 Å². The summed E-state index contributed by atoms with van der Waals surface area (Å²) in [4.78, 5) is 0. The van der Waals surface area contributed by atoms with E-state index in [-0.39, 0.29) is 0 Å². The monoisotopic (exact) mass is 311 g/mol. The highest BCUT2D eigenvalue weighted by Crippen LogP contribution is 2.29. The Bertz CT molecular complexity index is 408. The molecule has 1 N–H and O–H groups in total. The molecule has 0 saturated carbocycles. The van der Waals surface area contributed by atoms with Crippen molar-refractivity contribution in [3.8, 4) is 0 Å². The smallest absolute Gasteiger partial charge is 0.0587 e. The largest absolute Gasteiger partial charge is 0.383 e. The Kier molecular flexibility index (Phi) is 7.51. The van der Waals surface area contributed by atoms with E-state index in [0.29, 0.717) is 12.0 Å². The molecular formula is C17H26ClNO2. The average molecular weight is 312 g/mol. The van der Waals surface area contributed by atoms with Gasteiger partial charge in [-0.25, -0.2) is 0 Å². The van der Waals surface area contributed by atoms with Crippen LogP contribution in [0.25, 0.3) is 0 Å². The number of ether oxygens (including phenoxy) is 2. The number of rotatable bonds is 9. The normalized spacial score (nSPS) is 19.8. The molecule has 0 aliphatic carbocycles. The second kappa shape index (κ2) is 9.42. The second-order valence-corrected chi connectivity index (χ2v) is 6.03. The molecule has 0 aromatic heterocycles. The van der Waals surface area contributed by atoms with E-state index >= 15 is 0 Å². The molecule has 3 nitrogen and oxygen atoms in total. The number of methoxy groups -OCH3 is 1. The van der Waals surface area contributed by atoms with Crippen molar-refractivity contribution in [2.45, 2.75) is 37.7 Å². The minimum absolute atomic E-state index is 0.430. The molecule has 0 amide bonds. The van der Waals surface area contributed by atoms with Crippen LogP contribution >= 0.6 is 11.6 Å². The summed E-state index contributed by atoms with van der Waals surface area (Å²) in [5.74, 6) is 0.430. The highest BCUT2D eigenvalue weighted by Gasteiger charge is 2.20. The number of hydrogen-bond acceptors (Lipinski definition) is 3. The van der Waals surface area contributed by atoms with Crippen LogP contribution in [0, 0.1) is 0 Å². The van der Waals surface area contributed by atoms with E-state index in [2.05, 4.69) is 17.4 Å². The summed E-state index contributed by atoms with van der Waals surface area (Å²) >= 11 is 6.37. The van der Waals surface area contributed by atoms with E-state index in [0.717, 1.165) is 44.2 Å². The molecule has 1 heterocycles. The van der Waals surface area contributed by atoms with Gasteiger partial charge in [0.25, 0.3) is 0 Å². The third-order valence-electron chi connectivity index (χ3n) is 4.08. The molecular weight excluding hydrogens is 286 g/mol. The molecule has 2 atom stereocenters. The lowest BCUT2D eigenvalue weighted by atomic mass is 9.92. The van der Waals surface area contributed by atoms with Crippen LogP contribution in [-0.2, 0) is 9.47 Å². The quantitative estimate of drug-likeness (QED) is 0.707. The molecule has 1 aliphatic heterocycles. The van der Waals surface area contributed by atoms with Crippen molar-refractivity contribution in [1.82, 2.24) is 5.32 Å². The van der Waals surface area contributed by atoms with Gasteiger partial charge in [0.1, 0.15) is 0 Å². The van der Waals surface area contributed by atoms with Crippen LogP contribution in [-0.4, -0.2) is 39.5 Å². The van der Waals surface area contributed by atoms with Crippen molar-refractivity contribution in [3.63, 3.8) is 0 Å². The van der Waals surface area contributed by atoms with Gasteiger partial charge < -0.3 is 14.8 Å². The highest BCUT2D eigenvalue weighted by atomic mass is 35.5. The molecule has 118 valence electrons. The summed E-state index contributed by atoms with van der Waals surface area (Å²) in [7, 11) is 1.73. The first-order valence-corrected chi connectivity index (χ1v) is 8.24. The van der Waals surface area contributed by atoms with Crippen LogP contribution in [0.2, 0.25) is 5.02 Å². The zero-order chi connectivity index (χ0) is 14.9. The molecule has 1 aliphatic rings. The second-order valence-electron chi connectivity index (χ2n) is 5.63. The van der Waals surface area contributed by atoms with E-state index in [1.165, 1.54) is 18.4 Å². The first-order chi connectivity index (χ1) is 10.3. The third-order valence-corrected chi connectivity index (χ3v) is 4.42. The molecule has 21 heavy (non-hydrogen) atoms. The fourth-order valence-electron chi connectivity index (χ4n) is 2.88. The van der Waals surface area contributed by atoms with Crippen LogP contribution in [0.15, 0.2) is 24.3 Å². The van der Waals surface area contributed by atoms with Crippen LogP contribution in [0.1, 0.15) is 37.2 Å². The fraction of sp³-hybridized carbons (Fsp3) is 0.647. The Labute approximate surface area is 133 Å². The average Bonchev–Trinajstić information content (AvgIpc) is 3.01. The van der Waals surface area contributed by atoms with E-state index in [9.17, 15) is 0 Å². The minimum Gasteiger partial charge on any atom is -0.383 e. The summed E-state index contributed by atoms with van der Waals surface area (Å²) in [6.07, 6.45) is 5.06. The minimum atomic E-state index is 0.430. The Morgan fingerprint density at radius 1 is 1.43 bits per heavy atom. The summed E-state index contributed by atoms with van der Waals surface area (Å²) < 4.78 is 10.8. The van der Waals surface area contributed by atoms with Gasteiger partial charge in [-0.2, -0.15) is 0 Å². The molecule has 1 fully saturated rings. The summed E-state index contributed by atoms with van der Waals surface area (Å²) in [6.45, 7) is 3.46. The van der Waals surface area contributed by atoms with Crippen molar-refractivity contribution < 1.29 is 9.47 Å².